The molecule has 0 radical (unpaired) electrons. The predicted octanol–water partition coefficient (Wildman–Crippen LogP) is 2.37. The van der Waals surface area contributed by atoms with Gasteiger partial charge in [0.2, 0.25) is 11.8 Å². The fraction of sp³-hybridized carbons (Fsp3) is 0.545. The number of rotatable bonds is 6. The summed E-state index contributed by atoms with van der Waals surface area (Å²) < 4.78 is 2.20. The van der Waals surface area contributed by atoms with Crippen LogP contribution in [0, 0.1) is 0 Å². The van der Waals surface area contributed by atoms with Gasteiger partial charge in [0.15, 0.2) is 5.82 Å². The van der Waals surface area contributed by atoms with Crippen molar-refractivity contribution < 1.29 is 9.59 Å². The number of carbonyl (C=O) groups excluding carboxylic acids is 2. The van der Waals surface area contributed by atoms with E-state index in [1.807, 2.05) is 15.9 Å². The zero-order valence-electron chi connectivity index (χ0n) is 17.1. The number of fused-ring (bicyclic) bond motifs is 1. The van der Waals surface area contributed by atoms with Crippen molar-refractivity contribution in [3.8, 4) is 0 Å². The van der Waals surface area contributed by atoms with Crippen LogP contribution in [0.25, 0.3) is 0 Å². The number of benzene rings is 1. The van der Waals surface area contributed by atoms with Crippen molar-refractivity contribution in [3.05, 3.63) is 47.5 Å². The van der Waals surface area contributed by atoms with Gasteiger partial charge in [-0.2, -0.15) is 0 Å². The second kappa shape index (κ2) is 8.76. The minimum atomic E-state index is 0.0929. The minimum absolute atomic E-state index is 0.0929. The van der Waals surface area contributed by atoms with E-state index in [2.05, 4.69) is 46.0 Å². The fourth-order valence-corrected chi connectivity index (χ4v) is 4.36. The summed E-state index contributed by atoms with van der Waals surface area (Å²) in [4.78, 5) is 28.4. The van der Waals surface area contributed by atoms with Crippen LogP contribution in [0.15, 0.2) is 30.3 Å². The Balaban J connectivity index is 1.35. The first-order valence-corrected chi connectivity index (χ1v) is 10.6. The molecule has 1 aromatic carbocycles. The number of piperidine rings is 1. The number of nitrogens with zero attached hydrogens (tertiary/aromatic N) is 5. The lowest BCUT2D eigenvalue weighted by atomic mass is 10.1. The Morgan fingerprint density at radius 2 is 1.97 bits per heavy atom. The van der Waals surface area contributed by atoms with Gasteiger partial charge in [0.25, 0.3) is 0 Å². The Morgan fingerprint density at radius 3 is 2.76 bits per heavy atom. The maximum atomic E-state index is 12.8. The number of aromatic nitrogens is 3. The van der Waals surface area contributed by atoms with Crippen molar-refractivity contribution in [2.75, 3.05) is 19.6 Å². The molecule has 2 aliphatic heterocycles. The highest BCUT2D eigenvalue weighted by molar-refractivity contribution is 5.79. The van der Waals surface area contributed by atoms with Crippen LogP contribution >= 0.6 is 0 Å². The molecule has 3 heterocycles. The number of carbonyl (C=O) groups is 2. The molecule has 7 heteroatoms. The molecule has 2 amide bonds. The molecule has 0 N–H and O–H groups in total. The topological polar surface area (TPSA) is 71.3 Å². The van der Waals surface area contributed by atoms with E-state index in [9.17, 15) is 9.59 Å². The van der Waals surface area contributed by atoms with Gasteiger partial charge in [-0.15, -0.1) is 10.2 Å². The van der Waals surface area contributed by atoms with E-state index < -0.39 is 0 Å². The summed E-state index contributed by atoms with van der Waals surface area (Å²) in [5, 5.41) is 8.78. The maximum absolute atomic E-state index is 12.8. The average Bonchev–Trinajstić information content (AvgIpc) is 3.16. The summed E-state index contributed by atoms with van der Waals surface area (Å²) in [6, 6.07) is 10.5. The fourth-order valence-electron chi connectivity index (χ4n) is 4.36. The van der Waals surface area contributed by atoms with Crippen LogP contribution in [0.1, 0.15) is 55.9 Å². The van der Waals surface area contributed by atoms with E-state index in [0.717, 1.165) is 43.9 Å². The van der Waals surface area contributed by atoms with Gasteiger partial charge in [0.1, 0.15) is 5.82 Å². The molecule has 0 saturated carbocycles. The second-order valence-corrected chi connectivity index (χ2v) is 8.10. The first-order valence-electron chi connectivity index (χ1n) is 10.6. The molecule has 0 bridgehead atoms. The van der Waals surface area contributed by atoms with Gasteiger partial charge < -0.3 is 14.4 Å². The van der Waals surface area contributed by atoms with Crippen molar-refractivity contribution in [2.45, 2.75) is 58.0 Å². The lowest BCUT2D eigenvalue weighted by Crippen LogP contribution is -2.43. The van der Waals surface area contributed by atoms with E-state index in [1.54, 1.807) is 0 Å². The summed E-state index contributed by atoms with van der Waals surface area (Å²) in [5.74, 6) is 2.12. The van der Waals surface area contributed by atoms with E-state index in [4.69, 9.17) is 0 Å². The molecule has 1 aromatic heterocycles. The number of hydrogen-bond donors (Lipinski definition) is 0. The molecule has 1 fully saturated rings. The number of likely N-dealkylation sites (tertiary alicyclic amines) is 1. The largest absolute Gasteiger partial charge is 0.342 e. The highest BCUT2D eigenvalue weighted by Gasteiger charge is 2.29. The third-order valence-corrected chi connectivity index (χ3v) is 5.94. The first kappa shape index (κ1) is 19.6. The van der Waals surface area contributed by atoms with E-state index in [0.29, 0.717) is 32.5 Å². The standard InChI is InChI=1S/C22H29N5O2/c1-17-15-26(22(29)12-14-25-13-6-5-9-21(25)28)16-20-24-23-19(27(17)20)11-10-18-7-3-2-4-8-18/h2-4,7-8,17H,5-6,9-16H2,1H3/t17-/m0/s1. The summed E-state index contributed by atoms with van der Waals surface area (Å²) in [7, 11) is 0. The van der Waals surface area contributed by atoms with Crippen LogP contribution in [-0.4, -0.2) is 56.0 Å². The minimum Gasteiger partial charge on any atom is -0.342 e. The zero-order chi connectivity index (χ0) is 20.2. The molecular weight excluding hydrogens is 366 g/mol. The quantitative estimate of drug-likeness (QED) is 0.753. The van der Waals surface area contributed by atoms with E-state index in [-0.39, 0.29) is 17.9 Å². The number of hydrogen-bond acceptors (Lipinski definition) is 4. The molecule has 1 saturated heterocycles. The molecule has 4 rings (SSSR count). The average molecular weight is 396 g/mol. The van der Waals surface area contributed by atoms with Gasteiger partial charge in [0.05, 0.1) is 12.6 Å². The first-order chi connectivity index (χ1) is 14.1. The van der Waals surface area contributed by atoms with Crippen LogP contribution in [0.5, 0.6) is 0 Å². The van der Waals surface area contributed by atoms with Crippen LogP contribution in [0.3, 0.4) is 0 Å². The Hall–Kier alpha value is -2.70. The van der Waals surface area contributed by atoms with Gasteiger partial charge in [-0.1, -0.05) is 30.3 Å². The summed E-state index contributed by atoms with van der Waals surface area (Å²) >= 11 is 0. The number of amides is 2. The van der Waals surface area contributed by atoms with E-state index >= 15 is 0 Å². The maximum Gasteiger partial charge on any atom is 0.224 e. The second-order valence-electron chi connectivity index (χ2n) is 8.10. The molecule has 1 atom stereocenters. The summed E-state index contributed by atoms with van der Waals surface area (Å²) in [5.41, 5.74) is 1.29. The molecule has 29 heavy (non-hydrogen) atoms. The van der Waals surface area contributed by atoms with Crippen LogP contribution < -0.4 is 0 Å². The molecule has 0 unspecified atom stereocenters. The highest BCUT2D eigenvalue weighted by Crippen LogP contribution is 2.23. The Morgan fingerprint density at radius 1 is 1.14 bits per heavy atom. The third-order valence-electron chi connectivity index (χ3n) is 5.94. The van der Waals surface area contributed by atoms with Gasteiger partial charge in [-0.3, -0.25) is 9.59 Å². The summed E-state index contributed by atoms with van der Waals surface area (Å²) in [6.07, 6.45) is 4.77. The lowest BCUT2D eigenvalue weighted by Gasteiger charge is -2.33. The van der Waals surface area contributed by atoms with Gasteiger partial charge in [-0.05, 0) is 31.7 Å². The van der Waals surface area contributed by atoms with Crippen molar-refractivity contribution in [1.82, 2.24) is 24.6 Å². The predicted molar refractivity (Wildman–Crippen MR) is 109 cm³/mol. The molecule has 2 aromatic rings. The van der Waals surface area contributed by atoms with Crippen molar-refractivity contribution in [2.24, 2.45) is 0 Å². The molecule has 2 aliphatic rings. The van der Waals surface area contributed by atoms with Gasteiger partial charge >= 0.3 is 0 Å². The Labute approximate surface area is 171 Å². The van der Waals surface area contributed by atoms with Gasteiger partial charge in [-0.25, -0.2) is 0 Å². The van der Waals surface area contributed by atoms with Crippen LogP contribution in [0.4, 0.5) is 0 Å². The Bertz CT molecular complexity index is 863. The summed E-state index contributed by atoms with van der Waals surface area (Å²) in [6.45, 7) is 4.58. The lowest BCUT2D eigenvalue weighted by molar-refractivity contribution is -0.136. The molecule has 154 valence electrons. The van der Waals surface area contributed by atoms with Crippen LogP contribution in [-0.2, 0) is 29.0 Å². The molecular formula is C22H29N5O2. The molecule has 0 spiro atoms. The SMILES string of the molecule is C[C@H]1CN(C(=O)CCN2CCCCC2=O)Cc2nnc(CCc3ccccc3)n21. The zero-order valence-corrected chi connectivity index (χ0v) is 17.1. The Kier molecular flexibility index (Phi) is 5.92. The van der Waals surface area contributed by atoms with Crippen LogP contribution in [0.2, 0.25) is 0 Å². The number of aryl methyl sites for hydroxylation is 2. The van der Waals surface area contributed by atoms with E-state index in [1.165, 1.54) is 5.56 Å². The molecule has 7 nitrogen and oxygen atoms in total. The van der Waals surface area contributed by atoms with Crippen molar-refractivity contribution >= 4 is 11.8 Å². The molecule has 0 aliphatic carbocycles. The van der Waals surface area contributed by atoms with Crippen molar-refractivity contribution in [3.63, 3.8) is 0 Å². The monoisotopic (exact) mass is 395 g/mol. The smallest absolute Gasteiger partial charge is 0.224 e. The third kappa shape index (κ3) is 4.49. The van der Waals surface area contributed by atoms with Gasteiger partial charge in [0, 0.05) is 38.9 Å². The van der Waals surface area contributed by atoms with Crippen molar-refractivity contribution in [1.29, 1.82) is 0 Å². The highest BCUT2D eigenvalue weighted by atomic mass is 16.2. The normalized spacial score (nSPS) is 19.3.